The minimum Gasteiger partial charge on any atom is -0.481 e. The van der Waals surface area contributed by atoms with Gasteiger partial charge in [0.1, 0.15) is 0 Å². The maximum atomic E-state index is 11.9. The molecule has 0 bridgehead atoms. The fraction of sp³-hybridized carbons (Fsp3) is 0.333. The Kier molecular flexibility index (Phi) is 8.84. The molecule has 30 heavy (non-hydrogen) atoms. The normalized spacial score (nSPS) is 15.4. The Hall–Kier alpha value is -3.57. The van der Waals surface area contributed by atoms with Gasteiger partial charge < -0.3 is 27.0 Å². The van der Waals surface area contributed by atoms with Crippen LogP contribution in [-0.2, 0) is 20.8 Å². The van der Waals surface area contributed by atoms with Crippen LogP contribution in [0.5, 0.6) is 0 Å². The van der Waals surface area contributed by atoms with E-state index in [1.54, 1.807) is 0 Å². The van der Waals surface area contributed by atoms with Gasteiger partial charge in [-0.25, -0.2) is 4.79 Å². The Balaban J connectivity index is 0.000000553. The van der Waals surface area contributed by atoms with E-state index in [4.69, 9.17) is 26.5 Å². The lowest BCUT2D eigenvalue weighted by molar-refractivity contribution is -0.192. The van der Waals surface area contributed by atoms with E-state index in [1.807, 2.05) is 30.4 Å². The number of amides is 1. The molecular weight excluding hydrogens is 409 g/mol. The standard InChI is InChI=1S/C16H20N4O3.C2HF3O2/c17-16(18)19-6-2-1-3-10-4-5-11-8-12(9-14(21)22)15(23)20-13(11)7-10;3-2(4,5)1(6)7/h1,3-5,7,12H,2,6,8-9H2,(H,20,23)(H,21,22)(H4,17,18,19);(H,6,7)/b3-1+;. The number of hydrogen-bond acceptors (Lipinski definition) is 4. The van der Waals surface area contributed by atoms with E-state index in [1.165, 1.54) is 0 Å². The number of benzene rings is 1. The van der Waals surface area contributed by atoms with Gasteiger partial charge in [-0.2, -0.15) is 13.2 Å². The molecule has 1 amide bonds. The Morgan fingerprint density at radius 3 is 2.43 bits per heavy atom. The number of carbonyl (C=O) groups is 3. The van der Waals surface area contributed by atoms with Gasteiger partial charge in [-0.15, -0.1) is 0 Å². The van der Waals surface area contributed by atoms with Crippen LogP contribution in [-0.4, -0.2) is 46.7 Å². The second kappa shape index (κ2) is 10.8. The van der Waals surface area contributed by atoms with Gasteiger partial charge in [0.05, 0.1) is 12.3 Å². The molecule has 0 aliphatic carbocycles. The molecule has 0 saturated heterocycles. The van der Waals surface area contributed by atoms with Crippen molar-refractivity contribution in [1.29, 1.82) is 0 Å². The predicted octanol–water partition coefficient (Wildman–Crippen LogP) is 1.58. The van der Waals surface area contributed by atoms with E-state index >= 15 is 0 Å². The summed E-state index contributed by atoms with van der Waals surface area (Å²) in [5, 5.41) is 18.7. The molecule has 1 aromatic rings. The van der Waals surface area contributed by atoms with Crippen LogP contribution < -0.4 is 16.8 Å². The van der Waals surface area contributed by atoms with Crippen LogP contribution in [0.15, 0.2) is 29.3 Å². The van der Waals surface area contributed by atoms with E-state index in [9.17, 15) is 22.8 Å². The molecule has 0 fully saturated rings. The van der Waals surface area contributed by atoms with Crippen molar-refractivity contribution in [3.05, 3.63) is 35.4 Å². The van der Waals surface area contributed by atoms with Crippen LogP contribution in [0, 0.1) is 5.92 Å². The van der Waals surface area contributed by atoms with Crippen LogP contribution in [0.3, 0.4) is 0 Å². The second-order valence-corrected chi connectivity index (χ2v) is 6.21. The van der Waals surface area contributed by atoms with E-state index < -0.39 is 24.0 Å². The van der Waals surface area contributed by atoms with Crippen LogP contribution in [0.2, 0.25) is 0 Å². The van der Waals surface area contributed by atoms with Crippen LogP contribution in [0.25, 0.3) is 6.08 Å². The van der Waals surface area contributed by atoms with Gasteiger partial charge in [0.2, 0.25) is 5.91 Å². The summed E-state index contributed by atoms with van der Waals surface area (Å²) in [7, 11) is 0. The fourth-order valence-electron chi connectivity index (χ4n) is 2.45. The Morgan fingerprint density at radius 2 is 1.90 bits per heavy atom. The first-order valence-electron chi connectivity index (χ1n) is 8.57. The Labute approximate surface area is 169 Å². The third-order valence-electron chi connectivity index (χ3n) is 3.79. The molecule has 164 valence electrons. The Bertz CT molecular complexity index is 849. The molecule has 9 nitrogen and oxygen atoms in total. The zero-order valence-corrected chi connectivity index (χ0v) is 15.6. The summed E-state index contributed by atoms with van der Waals surface area (Å²) in [5.74, 6) is -4.40. The van der Waals surface area contributed by atoms with Gasteiger partial charge in [0.15, 0.2) is 5.96 Å². The number of carboxylic acids is 2. The average molecular weight is 430 g/mol. The molecule has 1 aromatic carbocycles. The number of alkyl halides is 3. The summed E-state index contributed by atoms with van der Waals surface area (Å²) in [6.45, 7) is 0.525. The molecule has 1 heterocycles. The molecule has 0 spiro atoms. The maximum absolute atomic E-state index is 11.9. The summed E-state index contributed by atoms with van der Waals surface area (Å²) in [4.78, 5) is 35.5. The van der Waals surface area contributed by atoms with Crippen molar-refractivity contribution in [2.24, 2.45) is 22.4 Å². The van der Waals surface area contributed by atoms with Crippen molar-refractivity contribution in [2.45, 2.75) is 25.4 Å². The molecule has 1 atom stereocenters. The number of fused-ring (bicyclic) bond motifs is 1. The number of carbonyl (C=O) groups excluding carboxylic acids is 1. The van der Waals surface area contributed by atoms with Crippen molar-refractivity contribution in [3.63, 3.8) is 0 Å². The first kappa shape index (κ1) is 24.5. The summed E-state index contributed by atoms with van der Waals surface area (Å²) in [6.07, 6.45) is -0.203. The number of carboxylic acid groups (broad SMARTS) is 2. The van der Waals surface area contributed by atoms with Gasteiger partial charge in [0.25, 0.3) is 0 Å². The van der Waals surface area contributed by atoms with E-state index in [-0.39, 0.29) is 18.3 Å². The van der Waals surface area contributed by atoms with Gasteiger partial charge >= 0.3 is 18.1 Å². The van der Waals surface area contributed by atoms with Crippen molar-refractivity contribution >= 4 is 35.6 Å². The highest BCUT2D eigenvalue weighted by Gasteiger charge is 2.38. The topological polar surface area (TPSA) is 168 Å². The number of guanidine groups is 1. The summed E-state index contributed by atoms with van der Waals surface area (Å²) >= 11 is 0. The summed E-state index contributed by atoms with van der Waals surface area (Å²) in [6, 6.07) is 5.73. The fourth-order valence-corrected chi connectivity index (χ4v) is 2.45. The zero-order chi connectivity index (χ0) is 22.9. The molecule has 2 rings (SSSR count). The third kappa shape index (κ3) is 8.63. The van der Waals surface area contributed by atoms with Gasteiger partial charge in [-0.1, -0.05) is 24.3 Å². The molecule has 0 aromatic heterocycles. The van der Waals surface area contributed by atoms with Crippen molar-refractivity contribution in [1.82, 2.24) is 0 Å². The number of hydrogen-bond donors (Lipinski definition) is 5. The highest BCUT2D eigenvalue weighted by Crippen LogP contribution is 2.28. The largest absolute Gasteiger partial charge is 0.490 e. The average Bonchev–Trinajstić information content (AvgIpc) is 2.61. The van der Waals surface area contributed by atoms with Gasteiger partial charge in [-0.3, -0.25) is 14.6 Å². The maximum Gasteiger partial charge on any atom is 0.490 e. The predicted molar refractivity (Wildman–Crippen MR) is 103 cm³/mol. The highest BCUT2D eigenvalue weighted by atomic mass is 19.4. The summed E-state index contributed by atoms with van der Waals surface area (Å²) < 4.78 is 31.7. The first-order valence-corrected chi connectivity index (χ1v) is 8.57. The van der Waals surface area contributed by atoms with Crippen molar-refractivity contribution < 1.29 is 37.8 Å². The number of aliphatic imine (C=N–C) groups is 1. The lowest BCUT2D eigenvalue weighted by Crippen LogP contribution is -2.31. The molecule has 12 heteroatoms. The lowest BCUT2D eigenvalue weighted by Gasteiger charge is -2.23. The minimum absolute atomic E-state index is 0.0748. The third-order valence-corrected chi connectivity index (χ3v) is 3.79. The number of rotatable bonds is 6. The molecule has 0 radical (unpaired) electrons. The molecule has 1 aliphatic heterocycles. The Morgan fingerprint density at radius 1 is 1.27 bits per heavy atom. The van der Waals surface area contributed by atoms with Crippen molar-refractivity contribution in [2.75, 3.05) is 11.9 Å². The molecule has 1 unspecified atom stereocenters. The van der Waals surface area contributed by atoms with Crippen LogP contribution in [0.4, 0.5) is 18.9 Å². The number of halogens is 3. The lowest BCUT2D eigenvalue weighted by atomic mass is 9.90. The van der Waals surface area contributed by atoms with Crippen LogP contribution in [0.1, 0.15) is 24.0 Å². The number of nitrogens with two attached hydrogens (primary N) is 2. The molecule has 1 aliphatic rings. The second-order valence-electron chi connectivity index (χ2n) is 6.21. The highest BCUT2D eigenvalue weighted by molar-refractivity contribution is 5.97. The minimum atomic E-state index is -5.08. The number of nitrogens with zero attached hydrogens (tertiary/aromatic N) is 1. The number of nitrogens with one attached hydrogen (secondary N) is 1. The van der Waals surface area contributed by atoms with E-state index in [0.29, 0.717) is 19.4 Å². The van der Waals surface area contributed by atoms with Crippen molar-refractivity contribution in [3.8, 4) is 0 Å². The summed E-state index contributed by atoms with van der Waals surface area (Å²) in [5.41, 5.74) is 13.1. The first-order chi connectivity index (χ1) is 13.9. The van der Waals surface area contributed by atoms with E-state index in [2.05, 4.69) is 10.3 Å². The monoisotopic (exact) mass is 430 g/mol. The quantitative estimate of drug-likeness (QED) is 0.259. The SMILES string of the molecule is NC(N)=NCC/C=C/c1ccc2c(c1)NC(=O)C(CC(=O)O)C2.O=C(O)C(F)(F)F. The smallest absolute Gasteiger partial charge is 0.481 e. The molecule has 0 saturated carbocycles. The molecular formula is C18H21F3N4O5. The number of anilines is 1. The van der Waals surface area contributed by atoms with Gasteiger partial charge in [-0.05, 0) is 30.0 Å². The molecule has 7 N–H and O–H groups in total. The van der Waals surface area contributed by atoms with Crippen LogP contribution >= 0.6 is 0 Å². The zero-order valence-electron chi connectivity index (χ0n) is 15.6. The van der Waals surface area contributed by atoms with Gasteiger partial charge in [0, 0.05) is 12.2 Å². The number of aliphatic carboxylic acids is 2. The van der Waals surface area contributed by atoms with E-state index in [0.717, 1.165) is 16.8 Å².